The molecule has 2 aromatic carbocycles. The summed E-state index contributed by atoms with van der Waals surface area (Å²) in [7, 11) is 0. The Bertz CT molecular complexity index is 827. The van der Waals surface area contributed by atoms with Crippen molar-refractivity contribution >= 4 is 23.0 Å². The maximum absolute atomic E-state index is 12.5. The lowest BCUT2D eigenvalue weighted by Crippen LogP contribution is -2.19. The Labute approximate surface area is 146 Å². The highest BCUT2D eigenvalue weighted by atomic mass is 16.6. The summed E-state index contributed by atoms with van der Waals surface area (Å²) in [5.74, 6) is -0.469. The van der Waals surface area contributed by atoms with Crippen LogP contribution in [0.15, 0.2) is 36.4 Å². The van der Waals surface area contributed by atoms with Crippen molar-refractivity contribution in [2.24, 2.45) is 0 Å². The molecule has 0 unspecified atom stereocenters. The lowest BCUT2D eigenvalue weighted by atomic mass is 10.1. The molecular weight excluding hydrogens is 318 g/mol. The van der Waals surface area contributed by atoms with Crippen LogP contribution in [0.2, 0.25) is 0 Å². The van der Waals surface area contributed by atoms with E-state index in [2.05, 4.69) is 10.2 Å². The number of nitro groups is 1. The molecule has 130 valence electrons. The Hall–Kier alpha value is -2.89. The highest BCUT2D eigenvalue weighted by Gasteiger charge is 2.22. The summed E-state index contributed by atoms with van der Waals surface area (Å²) < 4.78 is 0. The Morgan fingerprint density at radius 3 is 2.48 bits per heavy atom. The second-order valence-corrected chi connectivity index (χ2v) is 6.38. The van der Waals surface area contributed by atoms with Crippen LogP contribution in [0.4, 0.5) is 17.1 Å². The van der Waals surface area contributed by atoms with E-state index in [0.717, 1.165) is 18.7 Å². The topological polar surface area (TPSA) is 75.5 Å². The maximum atomic E-state index is 12.5. The van der Waals surface area contributed by atoms with Gasteiger partial charge in [0.05, 0.1) is 4.92 Å². The molecule has 1 amide bonds. The number of benzene rings is 2. The summed E-state index contributed by atoms with van der Waals surface area (Å²) in [5, 5.41) is 14.0. The molecule has 0 aromatic heterocycles. The normalized spacial score (nSPS) is 13.8. The Balaban J connectivity index is 1.83. The second-order valence-electron chi connectivity index (χ2n) is 6.38. The lowest BCUT2D eigenvalue weighted by Gasteiger charge is -2.20. The van der Waals surface area contributed by atoms with Crippen LogP contribution < -0.4 is 10.2 Å². The van der Waals surface area contributed by atoms with E-state index in [1.54, 1.807) is 19.1 Å². The number of carbonyl (C=O) groups excluding carboxylic acids is 1. The molecule has 1 N–H and O–H groups in total. The molecule has 0 saturated carbocycles. The molecule has 0 radical (unpaired) electrons. The third kappa shape index (κ3) is 3.47. The molecule has 6 nitrogen and oxygen atoms in total. The zero-order valence-corrected chi connectivity index (χ0v) is 14.4. The molecule has 25 heavy (non-hydrogen) atoms. The van der Waals surface area contributed by atoms with Gasteiger partial charge >= 0.3 is 0 Å². The fourth-order valence-corrected chi connectivity index (χ4v) is 3.33. The van der Waals surface area contributed by atoms with Crippen molar-refractivity contribution in [3.8, 4) is 0 Å². The Morgan fingerprint density at radius 2 is 1.84 bits per heavy atom. The summed E-state index contributed by atoms with van der Waals surface area (Å²) >= 11 is 0. The first-order chi connectivity index (χ1) is 12.0. The van der Waals surface area contributed by atoms with Crippen LogP contribution in [0.25, 0.3) is 0 Å². The molecule has 1 fully saturated rings. The monoisotopic (exact) mass is 339 g/mol. The number of hydrogen-bond acceptors (Lipinski definition) is 4. The van der Waals surface area contributed by atoms with Gasteiger partial charge in [-0.3, -0.25) is 14.9 Å². The molecule has 2 aromatic rings. The SMILES string of the molecule is Cc1cc(NC(=O)c2cccc(C)c2[N+](=O)[O-])ccc1N1CCCC1. The largest absolute Gasteiger partial charge is 0.371 e. The first-order valence-electron chi connectivity index (χ1n) is 8.38. The number of hydrogen-bond donors (Lipinski definition) is 1. The minimum atomic E-state index is -0.508. The predicted molar refractivity (Wildman–Crippen MR) is 98.4 cm³/mol. The molecule has 0 aliphatic carbocycles. The van der Waals surface area contributed by atoms with Gasteiger partial charge in [-0.25, -0.2) is 0 Å². The molecule has 1 aliphatic rings. The number of nitro benzene ring substituents is 1. The van der Waals surface area contributed by atoms with Crippen molar-refractivity contribution in [2.45, 2.75) is 26.7 Å². The van der Waals surface area contributed by atoms with Crippen LogP contribution in [0.1, 0.15) is 34.3 Å². The number of para-hydroxylation sites is 1. The van der Waals surface area contributed by atoms with E-state index in [1.807, 2.05) is 25.1 Å². The molecular formula is C19H21N3O3. The molecule has 1 saturated heterocycles. The van der Waals surface area contributed by atoms with Gasteiger partial charge in [-0.1, -0.05) is 12.1 Å². The quantitative estimate of drug-likeness (QED) is 0.673. The molecule has 3 rings (SSSR count). The van der Waals surface area contributed by atoms with Crippen molar-refractivity contribution in [3.63, 3.8) is 0 Å². The van der Waals surface area contributed by atoms with Crippen molar-refractivity contribution in [1.82, 2.24) is 0 Å². The number of carbonyl (C=O) groups is 1. The summed E-state index contributed by atoms with van der Waals surface area (Å²) in [4.78, 5) is 25.6. The number of aryl methyl sites for hydroxylation is 2. The smallest absolute Gasteiger partial charge is 0.285 e. The van der Waals surface area contributed by atoms with E-state index in [-0.39, 0.29) is 11.3 Å². The second kappa shape index (κ2) is 6.93. The van der Waals surface area contributed by atoms with Gasteiger partial charge < -0.3 is 10.2 Å². The zero-order chi connectivity index (χ0) is 18.0. The molecule has 1 heterocycles. The van der Waals surface area contributed by atoms with Crippen molar-refractivity contribution in [1.29, 1.82) is 0 Å². The van der Waals surface area contributed by atoms with E-state index in [9.17, 15) is 14.9 Å². The zero-order valence-electron chi connectivity index (χ0n) is 14.4. The van der Waals surface area contributed by atoms with Crippen LogP contribution in [0, 0.1) is 24.0 Å². The summed E-state index contributed by atoms with van der Waals surface area (Å²) in [6.45, 7) is 5.76. The van der Waals surface area contributed by atoms with Gasteiger partial charge in [0, 0.05) is 30.0 Å². The first kappa shape index (κ1) is 17.0. The maximum Gasteiger partial charge on any atom is 0.285 e. The number of anilines is 2. The van der Waals surface area contributed by atoms with E-state index in [4.69, 9.17) is 0 Å². The molecule has 0 bridgehead atoms. The number of rotatable bonds is 4. The molecule has 0 atom stereocenters. The predicted octanol–water partition coefficient (Wildman–Crippen LogP) is 4.06. The number of nitrogens with zero attached hydrogens (tertiary/aromatic N) is 2. The standard InChI is InChI=1S/C19H21N3O3/c1-13-6-5-7-16(18(13)22(24)25)19(23)20-15-8-9-17(14(2)12-15)21-10-3-4-11-21/h5-9,12H,3-4,10-11H2,1-2H3,(H,20,23). The molecule has 0 spiro atoms. The van der Waals surface area contributed by atoms with E-state index in [1.165, 1.54) is 24.6 Å². The van der Waals surface area contributed by atoms with E-state index < -0.39 is 10.8 Å². The third-order valence-electron chi connectivity index (χ3n) is 4.57. The van der Waals surface area contributed by atoms with Crippen molar-refractivity contribution in [2.75, 3.05) is 23.3 Å². The summed E-state index contributed by atoms with van der Waals surface area (Å²) in [6, 6.07) is 10.5. The van der Waals surface area contributed by atoms with Crippen molar-refractivity contribution in [3.05, 3.63) is 63.2 Å². The van der Waals surface area contributed by atoms with E-state index in [0.29, 0.717) is 11.3 Å². The minimum absolute atomic E-state index is 0.0753. The van der Waals surface area contributed by atoms with Gasteiger partial charge in [0.2, 0.25) is 0 Å². The highest BCUT2D eigenvalue weighted by molar-refractivity contribution is 6.07. The third-order valence-corrected chi connectivity index (χ3v) is 4.57. The van der Waals surface area contributed by atoms with Crippen LogP contribution in [-0.2, 0) is 0 Å². The molecule has 6 heteroatoms. The average Bonchev–Trinajstić information content (AvgIpc) is 3.08. The fourth-order valence-electron chi connectivity index (χ4n) is 3.33. The van der Waals surface area contributed by atoms with E-state index >= 15 is 0 Å². The number of nitrogens with one attached hydrogen (secondary N) is 1. The van der Waals surface area contributed by atoms with Gasteiger partial charge in [-0.05, 0) is 56.5 Å². The minimum Gasteiger partial charge on any atom is -0.371 e. The van der Waals surface area contributed by atoms with Gasteiger partial charge in [0.15, 0.2) is 0 Å². The molecule has 1 aliphatic heterocycles. The Kier molecular flexibility index (Phi) is 4.70. The lowest BCUT2D eigenvalue weighted by molar-refractivity contribution is -0.385. The average molecular weight is 339 g/mol. The van der Waals surface area contributed by atoms with Gasteiger partial charge in [0.1, 0.15) is 5.56 Å². The van der Waals surface area contributed by atoms with Crippen LogP contribution >= 0.6 is 0 Å². The van der Waals surface area contributed by atoms with Crippen LogP contribution in [0.3, 0.4) is 0 Å². The summed E-state index contributed by atoms with van der Waals surface area (Å²) in [6.07, 6.45) is 2.41. The number of amides is 1. The van der Waals surface area contributed by atoms with Crippen LogP contribution in [0.5, 0.6) is 0 Å². The van der Waals surface area contributed by atoms with Crippen LogP contribution in [-0.4, -0.2) is 23.9 Å². The highest BCUT2D eigenvalue weighted by Crippen LogP contribution is 2.28. The van der Waals surface area contributed by atoms with Gasteiger partial charge in [0.25, 0.3) is 11.6 Å². The fraction of sp³-hybridized carbons (Fsp3) is 0.316. The Morgan fingerprint density at radius 1 is 1.12 bits per heavy atom. The van der Waals surface area contributed by atoms with Gasteiger partial charge in [-0.2, -0.15) is 0 Å². The first-order valence-corrected chi connectivity index (χ1v) is 8.38. The summed E-state index contributed by atoms with van der Waals surface area (Å²) in [5.41, 5.74) is 3.30. The van der Waals surface area contributed by atoms with Gasteiger partial charge in [-0.15, -0.1) is 0 Å². The van der Waals surface area contributed by atoms with Crippen molar-refractivity contribution < 1.29 is 9.72 Å².